The Morgan fingerprint density at radius 2 is 1.81 bits per heavy atom. The van der Waals surface area contributed by atoms with Crippen molar-refractivity contribution >= 4 is 5.91 Å². The molecule has 92 valence electrons. The molecule has 1 heterocycles. The second-order valence-corrected chi connectivity index (χ2v) is 5.79. The number of hydrogen-bond donors (Lipinski definition) is 1. The SMILES string of the molecule is CC1CC(C)N(C(=O)C2CCC(N)CC2)C1. The number of nitrogens with two attached hydrogens (primary N) is 1. The third-order valence-electron chi connectivity index (χ3n) is 4.19. The van der Waals surface area contributed by atoms with Gasteiger partial charge in [0.2, 0.25) is 5.91 Å². The molecular formula is C13H24N2O. The average Bonchev–Trinajstić information content (AvgIpc) is 2.58. The van der Waals surface area contributed by atoms with Gasteiger partial charge in [-0.1, -0.05) is 6.92 Å². The van der Waals surface area contributed by atoms with E-state index in [0.29, 0.717) is 23.9 Å². The summed E-state index contributed by atoms with van der Waals surface area (Å²) in [6.45, 7) is 5.37. The Bertz CT molecular complexity index is 259. The van der Waals surface area contributed by atoms with E-state index in [9.17, 15) is 4.79 Å². The van der Waals surface area contributed by atoms with Crippen molar-refractivity contribution in [1.29, 1.82) is 0 Å². The summed E-state index contributed by atoms with van der Waals surface area (Å²) in [4.78, 5) is 14.5. The molecule has 0 radical (unpaired) electrons. The number of likely N-dealkylation sites (tertiary alicyclic amines) is 1. The molecule has 2 aliphatic rings. The molecule has 1 aliphatic heterocycles. The molecule has 2 atom stereocenters. The normalized spacial score (nSPS) is 40.1. The van der Waals surface area contributed by atoms with Gasteiger partial charge in [-0.25, -0.2) is 0 Å². The highest BCUT2D eigenvalue weighted by Gasteiger charge is 2.34. The van der Waals surface area contributed by atoms with Crippen LogP contribution in [0.5, 0.6) is 0 Å². The van der Waals surface area contributed by atoms with Gasteiger partial charge < -0.3 is 10.6 Å². The van der Waals surface area contributed by atoms with Crippen LogP contribution < -0.4 is 5.73 Å². The number of carbonyl (C=O) groups is 1. The van der Waals surface area contributed by atoms with E-state index >= 15 is 0 Å². The molecule has 0 aromatic rings. The molecule has 2 fully saturated rings. The Morgan fingerprint density at radius 3 is 2.31 bits per heavy atom. The Morgan fingerprint density at radius 1 is 1.19 bits per heavy atom. The maximum Gasteiger partial charge on any atom is 0.225 e. The van der Waals surface area contributed by atoms with Crippen LogP contribution in [0.25, 0.3) is 0 Å². The van der Waals surface area contributed by atoms with Crippen molar-refractivity contribution in [2.75, 3.05) is 6.54 Å². The summed E-state index contributed by atoms with van der Waals surface area (Å²) in [6.07, 6.45) is 5.20. The van der Waals surface area contributed by atoms with Gasteiger partial charge in [0.1, 0.15) is 0 Å². The van der Waals surface area contributed by atoms with Crippen LogP contribution in [0.3, 0.4) is 0 Å². The molecule has 2 unspecified atom stereocenters. The number of nitrogens with zero attached hydrogens (tertiary/aromatic N) is 1. The minimum Gasteiger partial charge on any atom is -0.339 e. The first kappa shape index (κ1) is 11.9. The van der Waals surface area contributed by atoms with Crippen LogP contribution in [0.4, 0.5) is 0 Å². The first-order valence-electron chi connectivity index (χ1n) is 6.64. The zero-order valence-electron chi connectivity index (χ0n) is 10.5. The molecule has 1 saturated heterocycles. The maximum absolute atomic E-state index is 12.3. The Labute approximate surface area is 98.4 Å². The van der Waals surface area contributed by atoms with E-state index in [1.54, 1.807) is 0 Å². The van der Waals surface area contributed by atoms with Crippen molar-refractivity contribution in [3.63, 3.8) is 0 Å². The first-order valence-corrected chi connectivity index (χ1v) is 6.64. The molecule has 2 N–H and O–H groups in total. The molecule has 16 heavy (non-hydrogen) atoms. The fourth-order valence-electron chi connectivity index (χ4n) is 3.21. The average molecular weight is 224 g/mol. The Balaban J connectivity index is 1.92. The molecular weight excluding hydrogens is 200 g/mol. The monoisotopic (exact) mass is 224 g/mol. The van der Waals surface area contributed by atoms with Gasteiger partial charge in [0.05, 0.1) is 0 Å². The van der Waals surface area contributed by atoms with E-state index in [0.717, 1.165) is 38.6 Å². The molecule has 3 heteroatoms. The molecule has 1 saturated carbocycles. The van der Waals surface area contributed by atoms with E-state index in [-0.39, 0.29) is 5.92 Å². The molecule has 0 spiro atoms. The molecule has 1 amide bonds. The summed E-state index contributed by atoms with van der Waals surface area (Å²) < 4.78 is 0. The van der Waals surface area contributed by atoms with E-state index in [4.69, 9.17) is 5.73 Å². The number of amides is 1. The third-order valence-corrected chi connectivity index (χ3v) is 4.19. The maximum atomic E-state index is 12.3. The van der Waals surface area contributed by atoms with Gasteiger partial charge in [-0.05, 0) is 44.9 Å². The lowest BCUT2D eigenvalue weighted by atomic mass is 9.85. The van der Waals surface area contributed by atoms with E-state index in [2.05, 4.69) is 18.7 Å². The van der Waals surface area contributed by atoms with Gasteiger partial charge in [-0.3, -0.25) is 4.79 Å². The van der Waals surface area contributed by atoms with Crippen LogP contribution in [-0.4, -0.2) is 29.4 Å². The highest BCUT2D eigenvalue weighted by molar-refractivity contribution is 5.79. The second kappa shape index (κ2) is 4.74. The fourth-order valence-corrected chi connectivity index (χ4v) is 3.21. The predicted octanol–water partition coefficient (Wildman–Crippen LogP) is 1.76. The molecule has 0 aromatic carbocycles. The lowest BCUT2D eigenvalue weighted by Gasteiger charge is -2.31. The zero-order chi connectivity index (χ0) is 11.7. The minimum atomic E-state index is 0.257. The van der Waals surface area contributed by atoms with Crippen LogP contribution >= 0.6 is 0 Å². The summed E-state index contributed by atoms with van der Waals surface area (Å²) in [6, 6.07) is 0.775. The van der Waals surface area contributed by atoms with E-state index in [1.165, 1.54) is 0 Å². The number of carbonyl (C=O) groups excluding carboxylic acids is 1. The lowest BCUT2D eigenvalue weighted by Crippen LogP contribution is -2.41. The second-order valence-electron chi connectivity index (χ2n) is 5.79. The van der Waals surface area contributed by atoms with Gasteiger partial charge in [0, 0.05) is 24.5 Å². The van der Waals surface area contributed by atoms with E-state index < -0.39 is 0 Å². The summed E-state index contributed by atoms with van der Waals surface area (Å²) >= 11 is 0. The van der Waals surface area contributed by atoms with Crippen molar-refractivity contribution in [3.8, 4) is 0 Å². The molecule has 3 nitrogen and oxygen atoms in total. The summed E-state index contributed by atoms with van der Waals surface area (Å²) in [5.41, 5.74) is 5.88. The van der Waals surface area contributed by atoms with Gasteiger partial charge in [-0.2, -0.15) is 0 Å². The lowest BCUT2D eigenvalue weighted by molar-refractivity contribution is -0.137. The van der Waals surface area contributed by atoms with Crippen LogP contribution in [0.1, 0.15) is 46.0 Å². The van der Waals surface area contributed by atoms with Crippen molar-refractivity contribution in [2.24, 2.45) is 17.6 Å². The van der Waals surface area contributed by atoms with Gasteiger partial charge in [-0.15, -0.1) is 0 Å². The van der Waals surface area contributed by atoms with Crippen LogP contribution in [0, 0.1) is 11.8 Å². The van der Waals surface area contributed by atoms with Crippen molar-refractivity contribution in [2.45, 2.75) is 58.0 Å². The minimum absolute atomic E-state index is 0.257. The van der Waals surface area contributed by atoms with Crippen molar-refractivity contribution in [1.82, 2.24) is 4.90 Å². The summed E-state index contributed by atoms with van der Waals surface area (Å²) in [5, 5.41) is 0. The van der Waals surface area contributed by atoms with Crippen molar-refractivity contribution < 1.29 is 4.79 Å². The molecule has 0 bridgehead atoms. The van der Waals surface area contributed by atoms with Gasteiger partial charge in [0.25, 0.3) is 0 Å². The quantitative estimate of drug-likeness (QED) is 0.737. The molecule has 2 rings (SSSR count). The van der Waals surface area contributed by atoms with Crippen LogP contribution in [-0.2, 0) is 4.79 Å². The fraction of sp³-hybridized carbons (Fsp3) is 0.923. The smallest absolute Gasteiger partial charge is 0.225 e. The third kappa shape index (κ3) is 2.40. The topological polar surface area (TPSA) is 46.3 Å². The van der Waals surface area contributed by atoms with Crippen LogP contribution in [0.2, 0.25) is 0 Å². The van der Waals surface area contributed by atoms with Crippen LogP contribution in [0.15, 0.2) is 0 Å². The highest BCUT2D eigenvalue weighted by atomic mass is 16.2. The van der Waals surface area contributed by atoms with Crippen molar-refractivity contribution in [3.05, 3.63) is 0 Å². The zero-order valence-corrected chi connectivity index (χ0v) is 10.5. The summed E-state index contributed by atoms with van der Waals surface area (Å²) in [5.74, 6) is 1.32. The van der Waals surface area contributed by atoms with Gasteiger partial charge >= 0.3 is 0 Å². The molecule has 1 aliphatic carbocycles. The van der Waals surface area contributed by atoms with Gasteiger partial charge in [0.15, 0.2) is 0 Å². The summed E-state index contributed by atoms with van der Waals surface area (Å²) in [7, 11) is 0. The number of rotatable bonds is 1. The highest BCUT2D eigenvalue weighted by Crippen LogP contribution is 2.29. The Hall–Kier alpha value is -0.570. The molecule has 0 aromatic heterocycles. The number of hydrogen-bond acceptors (Lipinski definition) is 2. The predicted molar refractivity (Wildman–Crippen MR) is 64.9 cm³/mol. The largest absolute Gasteiger partial charge is 0.339 e. The standard InChI is InChI=1S/C13H24N2O/c1-9-7-10(2)15(8-9)13(16)11-3-5-12(14)6-4-11/h9-12H,3-8,14H2,1-2H3. The first-order chi connectivity index (χ1) is 7.58. The van der Waals surface area contributed by atoms with E-state index in [1.807, 2.05) is 0 Å². The Kier molecular flexibility index (Phi) is 3.53.